The highest BCUT2D eigenvalue weighted by atomic mass is 16.6. The predicted molar refractivity (Wildman–Crippen MR) is 58.7 cm³/mol. The monoisotopic (exact) mass is 211 g/mol. The molecule has 0 aromatic rings. The molecule has 0 spiro atoms. The molecule has 1 amide bonds. The van der Waals surface area contributed by atoms with Crippen LogP contribution in [0.15, 0.2) is 0 Å². The van der Waals surface area contributed by atoms with E-state index in [9.17, 15) is 4.79 Å². The quantitative estimate of drug-likeness (QED) is 0.762. The topological polar surface area (TPSA) is 38.3 Å². The van der Waals surface area contributed by atoms with E-state index in [4.69, 9.17) is 4.74 Å². The molecule has 2 aliphatic carbocycles. The first kappa shape index (κ1) is 10.8. The molecule has 0 atom stereocenters. The summed E-state index contributed by atoms with van der Waals surface area (Å²) in [6.07, 6.45) is 10.6. The number of alkyl carbamates (subject to hydrolysis) is 1. The highest BCUT2D eigenvalue weighted by molar-refractivity contribution is 5.67. The first-order chi connectivity index (χ1) is 7.34. The Balaban J connectivity index is 1.66. The molecular formula is C12H21NO2. The van der Waals surface area contributed by atoms with E-state index in [1.165, 1.54) is 32.1 Å². The minimum atomic E-state index is -0.186. The SMILES string of the molecule is O=C(NC1CCCCC1)OC1CCCC1. The second kappa shape index (κ2) is 5.38. The highest BCUT2D eigenvalue weighted by Crippen LogP contribution is 2.22. The summed E-state index contributed by atoms with van der Waals surface area (Å²) in [5, 5.41) is 2.98. The number of amides is 1. The second-order valence-electron chi connectivity index (χ2n) is 4.79. The maximum absolute atomic E-state index is 11.5. The molecule has 0 unspecified atom stereocenters. The molecule has 15 heavy (non-hydrogen) atoms. The zero-order valence-electron chi connectivity index (χ0n) is 9.34. The van der Waals surface area contributed by atoms with Gasteiger partial charge in [-0.05, 0) is 38.5 Å². The van der Waals surface area contributed by atoms with Gasteiger partial charge in [-0.2, -0.15) is 0 Å². The Morgan fingerprint density at radius 2 is 1.53 bits per heavy atom. The van der Waals surface area contributed by atoms with Crippen molar-refractivity contribution in [3.8, 4) is 0 Å². The smallest absolute Gasteiger partial charge is 0.407 e. The highest BCUT2D eigenvalue weighted by Gasteiger charge is 2.21. The average Bonchev–Trinajstić information content (AvgIpc) is 2.71. The van der Waals surface area contributed by atoms with Crippen molar-refractivity contribution in [2.45, 2.75) is 69.9 Å². The molecule has 0 aromatic heterocycles. The maximum Gasteiger partial charge on any atom is 0.407 e. The fraction of sp³-hybridized carbons (Fsp3) is 0.917. The van der Waals surface area contributed by atoms with Gasteiger partial charge in [0.1, 0.15) is 6.10 Å². The van der Waals surface area contributed by atoms with Crippen LogP contribution in [0.2, 0.25) is 0 Å². The number of rotatable bonds is 2. The molecule has 2 saturated carbocycles. The lowest BCUT2D eigenvalue weighted by Gasteiger charge is -2.23. The summed E-state index contributed by atoms with van der Waals surface area (Å²) >= 11 is 0. The molecule has 2 fully saturated rings. The van der Waals surface area contributed by atoms with Crippen molar-refractivity contribution >= 4 is 6.09 Å². The summed E-state index contributed by atoms with van der Waals surface area (Å²) in [6, 6.07) is 0.368. The van der Waals surface area contributed by atoms with Crippen LogP contribution in [0.3, 0.4) is 0 Å². The van der Waals surface area contributed by atoms with Gasteiger partial charge in [-0.15, -0.1) is 0 Å². The van der Waals surface area contributed by atoms with E-state index in [0.717, 1.165) is 25.7 Å². The Hall–Kier alpha value is -0.730. The molecule has 0 aromatic carbocycles. The van der Waals surface area contributed by atoms with Crippen LogP contribution in [0.5, 0.6) is 0 Å². The zero-order chi connectivity index (χ0) is 10.5. The summed E-state index contributed by atoms with van der Waals surface area (Å²) in [5.41, 5.74) is 0. The average molecular weight is 211 g/mol. The molecule has 86 valence electrons. The third kappa shape index (κ3) is 3.40. The Bertz CT molecular complexity index is 206. The minimum absolute atomic E-state index is 0.186. The van der Waals surface area contributed by atoms with Crippen LogP contribution < -0.4 is 5.32 Å². The summed E-state index contributed by atoms with van der Waals surface area (Å²) < 4.78 is 5.36. The third-order valence-electron chi connectivity index (χ3n) is 3.50. The molecule has 2 rings (SSSR count). The molecule has 2 aliphatic rings. The van der Waals surface area contributed by atoms with Gasteiger partial charge in [-0.25, -0.2) is 4.79 Å². The number of nitrogens with one attached hydrogen (secondary N) is 1. The van der Waals surface area contributed by atoms with Crippen LogP contribution in [-0.2, 0) is 4.74 Å². The Labute approximate surface area is 91.6 Å². The molecule has 0 saturated heterocycles. The van der Waals surface area contributed by atoms with Crippen molar-refractivity contribution in [3.05, 3.63) is 0 Å². The van der Waals surface area contributed by atoms with Gasteiger partial charge in [0.05, 0.1) is 0 Å². The predicted octanol–water partition coefficient (Wildman–Crippen LogP) is 2.99. The van der Waals surface area contributed by atoms with E-state index in [1.54, 1.807) is 0 Å². The van der Waals surface area contributed by atoms with Crippen LogP contribution in [0, 0.1) is 0 Å². The second-order valence-corrected chi connectivity index (χ2v) is 4.79. The molecule has 3 heteroatoms. The first-order valence-corrected chi connectivity index (χ1v) is 6.32. The lowest BCUT2D eigenvalue weighted by molar-refractivity contribution is 0.0960. The third-order valence-corrected chi connectivity index (χ3v) is 3.50. The fourth-order valence-electron chi connectivity index (χ4n) is 2.61. The maximum atomic E-state index is 11.5. The van der Waals surface area contributed by atoms with Crippen molar-refractivity contribution in [3.63, 3.8) is 0 Å². The molecule has 0 bridgehead atoms. The van der Waals surface area contributed by atoms with Crippen molar-refractivity contribution in [1.82, 2.24) is 5.32 Å². The lowest BCUT2D eigenvalue weighted by Crippen LogP contribution is -2.37. The molecule has 0 heterocycles. The molecule has 1 N–H and O–H groups in total. The van der Waals surface area contributed by atoms with Gasteiger partial charge in [-0.1, -0.05) is 19.3 Å². The van der Waals surface area contributed by atoms with E-state index < -0.39 is 0 Å². The zero-order valence-corrected chi connectivity index (χ0v) is 9.34. The normalized spacial score (nSPS) is 24.0. The van der Waals surface area contributed by atoms with Gasteiger partial charge >= 0.3 is 6.09 Å². The van der Waals surface area contributed by atoms with Gasteiger partial charge in [0.15, 0.2) is 0 Å². The van der Waals surface area contributed by atoms with E-state index in [2.05, 4.69) is 5.32 Å². The van der Waals surface area contributed by atoms with Gasteiger partial charge in [-0.3, -0.25) is 0 Å². The van der Waals surface area contributed by atoms with Gasteiger partial charge in [0.2, 0.25) is 0 Å². The number of carbonyl (C=O) groups is 1. The Morgan fingerprint density at radius 1 is 0.933 bits per heavy atom. The number of hydrogen-bond donors (Lipinski definition) is 1. The van der Waals surface area contributed by atoms with E-state index in [1.807, 2.05) is 0 Å². The summed E-state index contributed by atoms with van der Waals surface area (Å²) in [5.74, 6) is 0. The van der Waals surface area contributed by atoms with Gasteiger partial charge < -0.3 is 10.1 Å². The van der Waals surface area contributed by atoms with Crippen LogP contribution >= 0.6 is 0 Å². The Kier molecular flexibility index (Phi) is 3.87. The fourth-order valence-corrected chi connectivity index (χ4v) is 2.61. The summed E-state index contributed by atoms with van der Waals surface area (Å²) in [6.45, 7) is 0. The number of ether oxygens (including phenoxy) is 1. The van der Waals surface area contributed by atoms with E-state index in [-0.39, 0.29) is 12.2 Å². The minimum Gasteiger partial charge on any atom is -0.446 e. The largest absolute Gasteiger partial charge is 0.446 e. The molecule has 0 radical (unpaired) electrons. The number of hydrogen-bond acceptors (Lipinski definition) is 2. The lowest BCUT2D eigenvalue weighted by atomic mass is 9.96. The molecule has 0 aliphatic heterocycles. The van der Waals surface area contributed by atoms with Crippen molar-refractivity contribution < 1.29 is 9.53 Å². The van der Waals surface area contributed by atoms with E-state index >= 15 is 0 Å². The van der Waals surface area contributed by atoms with Gasteiger partial charge in [0, 0.05) is 6.04 Å². The standard InChI is InChI=1S/C12H21NO2/c14-12(15-11-8-4-5-9-11)13-10-6-2-1-3-7-10/h10-11H,1-9H2,(H,13,14). The summed E-state index contributed by atoms with van der Waals surface area (Å²) in [4.78, 5) is 11.5. The first-order valence-electron chi connectivity index (χ1n) is 6.32. The van der Waals surface area contributed by atoms with Crippen LogP contribution in [0.1, 0.15) is 57.8 Å². The van der Waals surface area contributed by atoms with Crippen LogP contribution in [-0.4, -0.2) is 18.2 Å². The van der Waals surface area contributed by atoms with Crippen molar-refractivity contribution in [2.75, 3.05) is 0 Å². The van der Waals surface area contributed by atoms with E-state index in [0.29, 0.717) is 6.04 Å². The molecule has 3 nitrogen and oxygen atoms in total. The van der Waals surface area contributed by atoms with Crippen LogP contribution in [0.25, 0.3) is 0 Å². The summed E-state index contributed by atoms with van der Waals surface area (Å²) in [7, 11) is 0. The number of carbonyl (C=O) groups excluding carboxylic acids is 1. The van der Waals surface area contributed by atoms with Crippen LogP contribution in [0.4, 0.5) is 4.79 Å². The molecular weight excluding hydrogens is 190 g/mol. The van der Waals surface area contributed by atoms with Crippen molar-refractivity contribution in [1.29, 1.82) is 0 Å². The van der Waals surface area contributed by atoms with Gasteiger partial charge in [0.25, 0.3) is 0 Å². The van der Waals surface area contributed by atoms with Crippen molar-refractivity contribution in [2.24, 2.45) is 0 Å². The Morgan fingerprint density at radius 3 is 2.20 bits per heavy atom.